The van der Waals surface area contributed by atoms with Gasteiger partial charge in [0.25, 0.3) is 0 Å². The zero-order chi connectivity index (χ0) is 22.0. The maximum Gasteiger partial charge on any atom is 0.222 e. The van der Waals surface area contributed by atoms with Gasteiger partial charge in [0.1, 0.15) is 11.8 Å². The Hall–Kier alpha value is -2.79. The van der Waals surface area contributed by atoms with Crippen LogP contribution in [-0.4, -0.2) is 41.7 Å². The fraction of sp³-hybridized carbons (Fsp3) is 0.385. The molecule has 162 valence electrons. The van der Waals surface area contributed by atoms with Gasteiger partial charge in [-0.3, -0.25) is 9.78 Å². The minimum atomic E-state index is -1.48. The molecule has 31 heavy (non-hydrogen) atoms. The van der Waals surface area contributed by atoms with Gasteiger partial charge in [-0.2, -0.15) is 0 Å². The molecule has 0 saturated carbocycles. The van der Waals surface area contributed by atoms with Gasteiger partial charge in [0.2, 0.25) is 5.91 Å². The van der Waals surface area contributed by atoms with Crippen molar-refractivity contribution in [1.29, 1.82) is 0 Å². The topological polar surface area (TPSA) is 42.4 Å². The van der Waals surface area contributed by atoms with E-state index in [1.807, 2.05) is 43.5 Å². The summed E-state index contributed by atoms with van der Waals surface area (Å²) >= 11 is 0. The van der Waals surface area contributed by atoms with E-state index in [9.17, 15) is 4.79 Å². The van der Waals surface area contributed by atoms with E-state index in [2.05, 4.69) is 30.1 Å². The quantitative estimate of drug-likeness (QED) is 0.537. The molecule has 4 rings (SSSR count). The Morgan fingerprint density at radius 1 is 1.16 bits per heavy atom. The second-order valence-electron chi connectivity index (χ2n) is 8.32. The van der Waals surface area contributed by atoms with Crippen molar-refractivity contribution >= 4 is 16.8 Å². The highest BCUT2D eigenvalue weighted by Gasteiger charge is 2.43. The summed E-state index contributed by atoms with van der Waals surface area (Å²) in [5.74, 6) is 0.0839. The second kappa shape index (κ2) is 8.75. The first kappa shape index (κ1) is 21.4. The molecule has 2 aromatic carbocycles. The average Bonchev–Trinajstić information content (AvgIpc) is 2.80. The van der Waals surface area contributed by atoms with Crippen LogP contribution in [0.15, 0.2) is 54.7 Å². The van der Waals surface area contributed by atoms with Crippen molar-refractivity contribution in [3.8, 4) is 11.1 Å². The minimum absolute atomic E-state index is 0.0839. The van der Waals surface area contributed by atoms with Crippen LogP contribution in [0.1, 0.15) is 43.4 Å². The van der Waals surface area contributed by atoms with E-state index in [4.69, 9.17) is 4.74 Å². The number of nitrogens with zero attached hydrogens (tertiary/aromatic N) is 2. The number of aromatic nitrogens is 1. The predicted molar refractivity (Wildman–Crippen MR) is 122 cm³/mol. The highest BCUT2D eigenvalue weighted by molar-refractivity contribution is 5.88. The molecule has 0 spiro atoms. The monoisotopic (exact) mass is 420 g/mol. The summed E-state index contributed by atoms with van der Waals surface area (Å²) in [6, 6.07) is 16.2. The van der Waals surface area contributed by atoms with Crippen molar-refractivity contribution in [2.24, 2.45) is 0 Å². The standard InChI is InChI=1S/C26H29FN2O2/c1-4-23(30)29-16-13-26(27,14-17-29)25(31-3)21-9-7-19(8-10-21)22-12-11-20-6-5-15-28-24(20)18(22)2/h5-12,15,25H,4,13-14,16-17H2,1-3H3. The summed E-state index contributed by atoms with van der Waals surface area (Å²) in [5.41, 5.74) is 3.65. The number of aryl methyl sites for hydroxylation is 1. The zero-order valence-corrected chi connectivity index (χ0v) is 18.4. The Balaban J connectivity index is 1.57. The first-order valence-electron chi connectivity index (χ1n) is 10.9. The smallest absolute Gasteiger partial charge is 0.222 e. The third-order valence-corrected chi connectivity index (χ3v) is 6.51. The number of alkyl halides is 1. The first-order chi connectivity index (χ1) is 15.0. The van der Waals surface area contributed by atoms with Crippen LogP contribution in [0.25, 0.3) is 22.0 Å². The summed E-state index contributed by atoms with van der Waals surface area (Å²) in [5, 5.41) is 1.12. The van der Waals surface area contributed by atoms with Crippen LogP contribution in [0.3, 0.4) is 0 Å². The van der Waals surface area contributed by atoms with E-state index in [0.29, 0.717) is 19.5 Å². The lowest BCUT2D eigenvalue weighted by Crippen LogP contribution is -2.47. The molecule has 1 atom stereocenters. The highest BCUT2D eigenvalue weighted by Crippen LogP contribution is 2.41. The Bertz CT molecular complexity index is 1070. The van der Waals surface area contributed by atoms with E-state index in [1.54, 1.807) is 12.0 Å². The molecule has 1 aromatic heterocycles. The number of carbonyl (C=O) groups excluding carboxylic acids is 1. The lowest BCUT2D eigenvalue weighted by Gasteiger charge is -2.40. The van der Waals surface area contributed by atoms with Crippen LogP contribution in [-0.2, 0) is 9.53 Å². The number of methoxy groups -OCH3 is 1. The molecular formula is C26H29FN2O2. The number of hydrogen-bond donors (Lipinski definition) is 0. The number of rotatable bonds is 5. The Labute approximate surface area is 183 Å². The van der Waals surface area contributed by atoms with Gasteiger partial charge in [-0.05, 0) is 35.2 Å². The highest BCUT2D eigenvalue weighted by atomic mass is 19.1. The molecule has 1 aliphatic rings. The van der Waals surface area contributed by atoms with E-state index in [-0.39, 0.29) is 18.7 Å². The largest absolute Gasteiger partial charge is 0.373 e. The average molecular weight is 421 g/mol. The molecule has 0 aliphatic carbocycles. The van der Waals surface area contributed by atoms with E-state index in [1.165, 1.54) is 0 Å². The van der Waals surface area contributed by atoms with Gasteiger partial charge in [-0.1, -0.05) is 49.4 Å². The van der Waals surface area contributed by atoms with Crippen molar-refractivity contribution in [3.05, 3.63) is 65.9 Å². The summed E-state index contributed by atoms with van der Waals surface area (Å²) in [6.07, 6.45) is 2.19. The molecule has 0 bridgehead atoms. The first-order valence-corrected chi connectivity index (χ1v) is 10.9. The second-order valence-corrected chi connectivity index (χ2v) is 8.32. The van der Waals surface area contributed by atoms with Crippen LogP contribution in [0.5, 0.6) is 0 Å². The molecule has 0 radical (unpaired) electrons. The normalized spacial score (nSPS) is 17.0. The van der Waals surface area contributed by atoms with Crippen molar-refractivity contribution in [1.82, 2.24) is 9.88 Å². The number of ether oxygens (including phenoxy) is 1. The zero-order valence-electron chi connectivity index (χ0n) is 18.4. The van der Waals surface area contributed by atoms with Crippen LogP contribution in [0.2, 0.25) is 0 Å². The molecule has 1 fully saturated rings. The van der Waals surface area contributed by atoms with Crippen LogP contribution in [0.4, 0.5) is 4.39 Å². The summed E-state index contributed by atoms with van der Waals surface area (Å²) in [6.45, 7) is 4.79. The maximum atomic E-state index is 15.9. The van der Waals surface area contributed by atoms with E-state index < -0.39 is 11.8 Å². The van der Waals surface area contributed by atoms with Gasteiger partial charge < -0.3 is 9.64 Å². The molecule has 5 heteroatoms. The van der Waals surface area contributed by atoms with E-state index in [0.717, 1.165) is 33.2 Å². The number of pyridine rings is 1. The molecule has 1 saturated heterocycles. The third-order valence-electron chi connectivity index (χ3n) is 6.51. The number of amides is 1. The lowest BCUT2D eigenvalue weighted by atomic mass is 9.83. The molecule has 0 N–H and O–H groups in total. The molecule has 1 aliphatic heterocycles. The predicted octanol–water partition coefficient (Wildman–Crippen LogP) is 5.64. The number of likely N-dealkylation sites (tertiary alicyclic amines) is 1. The van der Waals surface area contributed by atoms with Crippen molar-refractivity contribution in [2.75, 3.05) is 20.2 Å². The van der Waals surface area contributed by atoms with Gasteiger partial charge >= 0.3 is 0 Å². The molecule has 3 aromatic rings. The number of halogens is 1. The lowest BCUT2D eigenvalue weighted by molar-refractivity contribution is -0.136. The Morgan fingerprint density at radius 3 is 2.52 bits per heavy atom. The fourth-order valence-corrected chi connectivity index (χ4v) is 4.70. The summed E-state index contributed by atoms with van der Waals surface area (Å²) in [7, 11) is 1.56. The van der Waals surface area contributed by atoms with Crippen LogP contribution in [0, 0.1) is 6.92 Å². The van der Waals surface area contributed by atoms with Gasteiger partial charge in [0.05, 0.1) is 5.52 Å². The van der Waals surface area contributed by atoms with Crippen molar-refractivity contribution < 1.29 is 13.9 Å². The molecule has 2 heterocycles. The SMILES string of the molecule is CCC(=O)N1CCC(F)(C(OC)c2ccc(-c3ccc4cccnc4c3C)cc2)CC1. The number of piperidine rings is 1. The molecule has 1 unspecified atom stereocenters. The number of hydrogen-bond acceptors (Lipinski definition) is 3. The Kier molecular flexibility index (Phi) is 6.05. The summed E-state index contributed by atoms with van der Waals surface area (Å²) in [4.78, 5) is 18.2. The van der Waals surface area contributed by atoms with Gasteiger partial charge in [-0.25, -0.2) is 4.39 Å². The number of carbonyl (C=O) groups is 1. The molecule has 4 nitrogen and oxygen atoms in total. The number of benzene rings is 2. The molecule has 1 amide bonds. The van der Waals surface area contributed by atoms with Crippen LogP contribution < -0.4 is 0 Å². The minimum Gasteiger partial charge on any atom is -0.373 e. The number of fused-ring (bicyclic) bond motifs is 1. The van der Waals surface area contributed by atoms with Gasteiger partial charge in [0.15, 0.2) is 0 Å². The van der Waals surface area contributed by atoms with Gasteiger partial charge in [-0.15, -0.1) is 0 Å². The van der Waals surface area contributed by atoms with Gasteiger partial charge in [0, 0.05) is 51.0 Å². The van der Waals surface area contributed by atoms with Crippen molar-refractivity contribution in [2.45, 2.75) is 44.9 Å². The van der Waals surface area contributed by atoms with E-state index >= 15 is 4.39 Å². The van der Waals surface area contributed by atoms with Crippen molar-refractivity contribution in [3.63, 3.8) is 0 Å². The molecular weight excluding hydrogens is 391 g/mol. The third kappa shape index (κ3) is 4.07. The van der Waals surface area contributed by atoms with Crippen LogP contribution >= 0.6 is 0 Å². The summed E-state index contributed by atoms with van der Waals surface area (Å²) < 4.78 is 21.5. The fourth-order valence-electron chi connectivity index (χ4n) is 4.70. The maximum absolute atomic E-state index is 15.9. The Morgan fingerprint density at radius 2 is 1.87 bits per heavy atom.